The minimum Gasteiger partial charge on any atom is -0.391 e. The summed E-state index contributed by atoms with van der Waals surface area (Å²) < 4.78 is 0. The fourth-order valence-corrected chi connectivity index (χ4v) is 2.37. The van der Waals surface area contributed by atoms with Crippen LogP contribution in [0, 0.1) is 5.92 Å². The predicted octanol–water partition coefficient (Wildman–Crippen LogP) is -1.44. The van der Waals surface area contributed by atoms with Gasteiger partial charge in [0.2, 0.25) is 11.8 Å². The van der Waals surface area contributed by atoms with Crippen LogP contribution in [-0.2, 0) is 9.59 Å². The van der Waals surface area contributed by atoms with E-state index in [4.69, 9.17) is 11.5 Å². The fourth-order valence-electron chi connectivity index (χ4n) is 2.37. The summed E-state index contributed by atoms with van der Waals surface area (Å²) in [6.07, 6.45) is 1.97. The van der Waals surface area contributed by atoms with Crippen LogP contribution in [0.5, 0.6) is 0 Å². The molecular formula is C11H19N3O3. The van der Waals surface area contributed by atoms with Crippen molar-refractivity contribution < 1.29 is 14.7 Å². The molecule has 3 unspecified atom stereocenters. The van der Waals surface area contributed by atoms with Crippen molar-refractivity contribution >= 4 is 11.8 Å². The maximum atomic E-state index is 12.0. The zero-order valence-electron chi connectivity index (χ0n) is 9.71. The molecule has 0 aromatic rings. The Balaban J connectivity index is 1.94. The fraction of sp³-hybridized carbons (Fsp3) is 0.818. The van der Waals surface area contributed by atoms with Crippen molar-refractivity contribution in [2.45, 2.75) is 43.9 Å². The number of hydrogen-bond acceptors (Lipinski definition) is 4. The summed E-state index contributed by atoms with van der Waals surface area (Å²) in [5.74, 6) is -0.293. The molecule has 0 aromatic heterocycles. The standard InChI is InChI=1S/C11H19N3O3/c12-8(6-1-2-6)4-10(16)14-5-7(15)3-9(14)11(13)17/h6-9,15H,1-5,12H2,(H2,13,17). The van der Waals surface area contributed by atoms with Gasteiger partial charge >= 0.3 is 0 Å². The zero-order chi connectivity index (χ0) is 12.6. The first kappa shape index (κ1) is 12.3. The van der Waals surface area contributed by atoms with Gasteiger partial charge in [-0.1, -0.05) is 0 Å². The number of likely N-dealkylation sites (tertiary alicyclic amines) is 1. The smallest absolute Gasteiger partial charge is 0.240 e. The van der Waals surface area contributed by atoms with E-state index < -0.39 is 18.1 Å². The Labute approximate surface area is 99.9 Å². The minimum atomic E-state index is -0.677. The maximum absolute atomic E-state index is 12.0. The second kappa shape index (κ2) is 4.62. The van der Waals surface area contributed by atoms with E-state index in [-0.39, 0.29) is 31.3 Å². The van der Waals surface area contributed by atoms with E-state index in [1.165, 1.54) is 4.90 Å². The van der Waals surface area contributed by atoms with Crippen LogP contribution < -0.4 is 11.5 Å². The van der Waals surface area contributed by atoms with E-state index in [9.17, 15) is 14.7 Å². The van der Waals surface area contributed by atoms with Gasteiger partial charge in [-0.2, -0.15) is 0 Å². The second-order valence-corrected chi connectivity index (χ2v) is 5.06. The third-order valence-corrected chi connectivity index (χ3v) is 3.57. The number of rotatable bonds is 4. The van der Waals surface area contributed by atoms with Gasteiger partial charge in [-0.3, -0.25) is 9.59 Å². The average molecular weight is 241 g/mol. The van der Waals surface area contributed by atoms with Crippen molar-refractivity contribution in [2.75, 3.05) is 6.54 Å². The number of nitrogens with zero attached hydrogens (tertiary/aromatic N) is 1. The molecule has 6 heteroatoms. The van der Waals surface area contributed by atoms with Crippen LogP contribution in [0.2, 0.25) is 0 Å². The van der Waals surface area contributed by atoms with E-state index >= 15 is 0 Å². The molecule has 2 amide bonds. The molecule has 0 bridgehead atoms. The van der Waals surface area contributed by atoms with E-state index in [0.717, 1.165) is 12.8 Å². The van der Waals surface area contributed by atoms with E-state index in [2.05, 4.69) is 0 Å². The van der Waals surface area contributed by atoms with Crippen molar-refractivity contribution in [3.63, 3.8) is 0 Å². The van der Waals surface area contributed by atoms with Gasteiger partial charge in [-0.25, -0.2) is 0 Å². The molecule has 1 heterocycles. The molecule has 0 aromatic carbocycles. The molecular weight excluding hydrogens is 222 g/mol. The Morgan fingerprint density at radius 1 is 1.41 bits per heavy atom. The summed E-state index contributed by atoms with van der Waals surface area (Å²) in [5.41, 5.74) is 11.1. The molecule has 1 aliphatic carbocycles. The van der Waals surface area contributed by atoms with Gasteiger partial charge in [0.1, 0.15) is 6.04 Å². The van der Waals surface area contributed by atoms with Crippen LogP contribution in [0.15, 0.2) is 0 Å². The van der Waals surface area contributed by atoms with Crippen molar-refractivity contribution in [1.82, 2.24) is 4.90 Å². The van der Waals surface area contributed by atoms with Crippen LogP contribution in [-0.4, -0.2) is 46.6 Å². The normalized spacial score (nSPS) is 30.4. The summed E-state index contributed by atoms with van der Waals surface area (Å²) in [4.78, 5) is 24.5. The Morgan fingerprint density at radius 3 is 2.59 bits per heavy atom. The lowest BCUT2D eigenvalue weighted by Gasteiger charge is -2.23. The molecule has 1 saturated heterocycles. The van der Waals surface area contributed by atoms with Gasteiger partial charge in [0.25, 0.3) is 0 Å². The molecule has 3 atom stereocenters. The Morgan fingerprint density at radius 2 is 2.06 bits per heavy atom. The second-order valence-electron chi connectivity index (χ2n) is 5.06. The number of aliphatic hydroxyl groups excluding tert-OH is 1. The Hall–Kier alpha value is -1.14. The first-order valence-corrected chi connectivity index (χ1v) is 6.01. The first-order valence-electron chi connectivity index (χ1n) is 6.01. The van der Waals surface area contributed by atoms with Crippen molar-refractivity contribution in [2.24, 2.45) is 17.4 Å². The average Bonchev–Trinajstić information content (AvgIpc) is 3.01. The van der Waals surface area contributed by atoms with Gasteiger partial charge < -0.3 is 21.5 Å². The molecule has 1 aliphatic heterocycles. The van der Waals surface area contributed by atoms with Crippen molar-refractivity contribution in [3.8, 4) is 0 Å². The molecule has 2 rings (SSSR count). The van der Waals surface area contributed by atoms with Crippen LogP contribution in [0.3, 0.4) is 0 Å². The van der Waals surface area contributed by atoms with Crippen LogP contribution in [0.1, 0.15) is 25.7 Å². The molecule has 17 heavy (non-hydrogen) atoms. The summed E-state index contributed by atoms with van der Waals surface area (Å²) in [6.45, 7) is 0.184. The largest absolute Gasteiger partial charge is 0.391 e. The third-order valence-electron chi connectivity index (χ3n) is 3.57. The van der Waals surface area contributed by atoms with Crippen LogP contribution in [0.25, 0.3) is 0 Å². The molecule has 6 nitrogen and oxygen atoms in total. The lowest BCUT2D eigenvalue weighted by Crippen LogP contribution is -2.45. The number of carbonyl (C=O) groups excluding carboxylic acids is 2. The number of nitrogens with two attached hydrogens (primary N) is 2. The molecule has 5 N–H and O–H groups in total. The van der Waals surface area contributed by atoms with Gasteiger partial charge in [0.05, 0.1) is 6.10 Å². The lowest BCUT2D eigenvalue weighted by atomic mass is 10.1. The van der Waals surface area contributed by atoms with Crippen LogP contribution in [0.4, 0.5) is 0 Å². The number of carbonyl (C=O) groups is 2. The highest BCUT2D eigenvalue weighted by atomic mass is 16.3. The molecule has 1 saturated carbocycles. The van der Waals surface area contributed by atoms with E-state index in [1.807, 2.05) is 0 Å². The summed E-state index contributed by atoms with van der Waals surface area (Å²) in [6, 6.07) is -0.808. The van der Waals surface area contributed by atoms with E-state index in [0.29, 0.717) is 5.92 Å². The van der Waals surface area contributed by atoms with Crippen LogP contribution >= 0.6 is 0 Å². The van der Waals surface area contributed by atoms with Gasteiger partial charge in [0.15, 0.2) is 0 Å². The molecule has 2 aliphatic rings. The molecule has 0 radical (unpaired) electrons. The topological polar surface area (TPSA) is 110 Å². The number of primary amides is 1. The van der Waals surface area contributed by atoms with E-state index in [1.54, 1.807) is 0 Å². The van der Waals surface area contributed by atoms with Gasteiger partial charge in [-0.05, 0) is 18.8 Å². The Kier molecular flexibility index (Phi) is 3.35. The SMILES string of the molecule is NC(=O)C1CC(O)CN1C(=O)CC(N)C1CC1. The zero-order valence-corrected chi connectivity index (χ0v) is 9.71. The highest BCUT2D eigenvalue weighted by molar-refractivity contribution is 5.87. The minimum absolute atomic E-state index is 0.131. The number of β-amino-alcohol motifs (C(OH)–C–C–N with tert-alkyl or cyclic N) is 1. The summed E-state index contributed by atoms with van der Waals surface area (Å²) in [7, 11) is 0. The lowest BCUT2D eigenvalue weighted by molar-refractivity contribution is -0.137. The molecule has 96 valence electrons. The highest BCUT2D eigenvalue weighted by Crippen LogP contribution is 2.33. The predicted molar refractivity (Wildman–Crippen MR) is 60.6 cm³/mol. The number of hydrogen-bond donors (Lipinski definition) is 3. The quantitative estimate of drug-likeness (QED) is 0.560. The summed E-state index contributed by atoms with van der Waals surface area (Å²) >= 11 is 0. The third kappa shape index (κ3) is 2.76. The van der Waals surface area contributed by atoms with Crippen molar-refractivity contribution in [3.05, 3.63) is 0 Å². The van der Waals surface area contributed by atoms with Crippen molar-refractivity contribution in [1.29, 1.82) is 0 Å². The van der Waals surface area contributed by atoms with Gasteiger partial charge in [-0.15, -0.1) is 0 Å². The molecule has 0 spiro atoms. The van der Waals surface area contributed by atoms with Gasteiger partial charge in [0, 0.05) is 25.4 Å². The monoisotopic (exact) mass is 241 g/mol. The first-order chi connectivity index (χ1) is 7.99. The number of amides is 2. The maximum Gasteiger partial charge on any atom is 0.240 e. The molecule has 2 fully saturated rings. The number of aliphatic hydroxyl groups is 1. The summed E-state index contributed by atoms with van der Waals surface area (Å²) in [5, 5.41) is 9.49. The Bertz CT molecular complexity index is 330. The highest BCUT2D eigenvalue weighted by Gasteiger charge is 2.39.